The van der Waals surface area contributed by atoms with Crippen molar-refractivity contribution in [3.8, 4) is 0 Å². The molecule has 0 aromatic carbocycles. The van der Waals surface area contributed by atoms with Gasteiger partial charge in [-0.05, 0) is 19.8 Å². The van der Waals surface area contributed by atoms with Crippen molar-refractivity contribution in [1.82, 2.24) is 0 Å². The van der Waals surface area contributed by atoms with E-state index in [4.69, 9.17) is 0 Å². The summed E-state index contributed by atoms with van der Waals surface area (Å²) in [5.74, 6) is 2.62. The molecule has 0 aliphatic rings. The Kier molecular flexibility index (Phi) is 21.4. The second-order valence-corrected chi connectivity index (χ2v) is 4.75. The summed E-state index contributed by atoms with van der Waals surface area (Å²) in [7, 11) is 3.99. The first-order valence-corrected chi connectivity index (χ1v) is 6.63. The van der Waals surface area contributed by atoms with Crippen LogP contribution in [-0.2, 0) is 0 Å². The molecule has 0 spiro atoms. The van der Waals surface area contributed by atoms with Crippen molar-refractivity contribution >= 4 is 21.6 Å². The summed E-state index contributed by atoms with van der Waals surface area (Å²) in [5, 5.41) is 0. The third-order valence-corrected chi connectivity index (χ3v) is 3.47. The fourth-order valence-corrected chi connectivity index (χ4v) is 2.56. The zero-order valence-electron chi connectivity index (χ0n) is 7.93. The van der Waals surface area contributed by atoms with Crippen LogP contribution in [-0.4, -0.2) is 11.5 Å². The first kappa shape index (κ1) is 14.0. The van der Waals surface area contributed by atoms with E-state index in [9.17, 15) is 0 Å². The molecule has 68 valence electrons. The number of rotatable bonds is 5. The molecule has 0 aliphatic carbocycles. The average Bonchev–Trinajstić information content (AvgIpc) is 2.00. The lowest BCUT2D eigenvalue weighted by molar-refractivity contribution is 1.11. The molecule has 0 N–H and O–H groups in total. The Morgan fingerprint density at radius 1 is 1.09 bits per heavy atom. The minimum absolute atomic E-state index is 1.31. The molecule has 0 aromatic heterocycles. The minimum Gasteiger partial charge on any atom is -0.103 e. The highest BCUT2D eigenvalue weighted by molar-refractivity contribution is 8.76. The molecule has 0 saturated carbocycles. The van der Waals surface area contributed by atoms with Crippen molar-refractivity contribution in [3.05, 3.63) is 12.7 Å². The van der Waals surface area contributed by atoms with Gasteiger partial charge in [-0.25, -0.2) is 0 Å². The first-order chi connectivity index (χ1) is 5.33. The molecule has 0 aromatic rings. The number of allylic oxidation sites excluding steroid dienone is 1. The predicted octanol–water partition coefficient (Wildman–Crippen LogP) is 4.38. The maximum absolute atomic E-state index is 3.36. The van der Waals surface area contributed by atoms with Crippen molar-refractivity contribution in [2.45, 2.75) is 33.6 Å². The lowest BCUT2D eigenvalue weighted by atomic mass is 10.6. The Hall–Kier alpha value is 0.440. The maximum Gasteiger partial charge on any atom is 0.00343 e. The molecule has 0 radical (unpaired) electrons. The van der Waals surface area contributed by atoms with Crippen molar-refractivity contribution in [2.75, 3.05) is 11.5 Å². The Morgan fingerprint density at radius 2 is 1.36 bits per heavy atom. The van der Waals surface area contributed by atoms with Gasteiger partial charge in [-0.15, -0.1) is 6.58 Å². The van der Waals surface area contributed by atoms with Crippen LogP contribution in [0.3, 0.4) is 0 Å². The molecule has 2 heteroatoms. The van der Waals surface area contributed by atoms with Crippen molar-refractivity contribution in [1.29, 1.82) is 0 Å². The molecule has 0 fully saturated rings. The fourth-order valence-electron chi connectivity index (χ4n) is 0.285. The van der Waals surface area contributed by atoms with E-state index in [1.165, 1.54) is 24.3 Å². The van der Waals surface area contributed by atoms with Crippen LogP contribution in [0.4, 0.5) is 0 Å². The Balaban J connectivity index is 0. The Bertz CT molecular complexity index is 56.6. The lowest BCUT2D eigenvalue weighted by Crippen LogP contribution is -1.70. The Labute approximate surface area is 79.6 Å². The van der Waals surface area contributed by atoms with E-state index in [2.05, 4.69) is 20.4 Å². The molecule has 0 unspecified atom stereocenters. The van der Waals surface area contributed by atoms with E-state index in [1.54, 1.807) is 6.08 Å². The zero-order chi connectivity index (χ0) is 8.95. The van der Waals surface area contributed by atoms with Crippen LogP contribution < -0.4 is 0 Å². The highest BCUT2D eigenvalue weighted by Gasteiger charge is 1.83. The van der Waals surface area contributed by atoms with Crippen LogP contribution in [0.15, 0.2) is 12.7 Å². The van der Waals surface area contributed by atoms with E-state index >= 15 is 0 Å². The van der Waals surface area contributed by atoms with Crippen LogP contribution in [0.1, 0.15) is 33.6 Å². The summed E-state index contributed by atoms with van der Waals surface area (Å²) in [6, 6.07) is 0. The smallest absolute Gasteiger partial charge is 0.00343 e. The van der Waals surface area contributed by atoms with Gasteiger partial charge in [-0.2, -0.15) is 0 Å². The van der Waals surface area contributed by atoms with Crippen molar-refractivity contribution < 1.29 is 0 Å². The topological polar surface area (TPSA) is 0 Å². The molecule has 0 heterocycles. The van der Waals surface area contributed by atoms with Crippen LogP contribution >= 0.6 is 21.6 Å². The highest BCUT2D eigenvalue weighted by atomic mass is 33.1. The monoisotopic (exact) mass is 192 g/mol. The third-order valence-electron chi connectivity index (χ3n) is 0.658. The van der Waals surface area contributed by atoms with Gasteiger partial charge in [0.2, 0.25) is 0 Å². The summed E-state index contributed by atoms with van der Waals surface area (Å²) in [5.41, 5.74) is 0. The van der Waals surface area contributed by atoms with Crippen LogP contribution in [0, 0.1) is 0 Å². The van der Waals surface area contributed by atoms with Gasteiger partial charge in [0, 0.05) is 11.5 Å². The SMILES string of the molecule is C=CC.CCCSSCCC. The van der Waals surface area contributed by atoms with Crippen LogP contribution in [0.25, 0.3) is 0 Å². The molecule has 0 amide bonds. The van der Waals surface area contributed by atoms with E-state index in [0.717, 1.165) is 0 Å². The largest absolute Gasteiger partial charge is 0.103 e. The summed E-state index contributed by atoms with van der Waals surface area (Å²) in [4.78, 5) is 0. The van der Waals surface area contributed by atoms with E-state index in [1.807, 2.05) is 28.5 Å². The second kappa shape index (κ2) is 16.8. The normalized spacial score (nSPS) is 8.27. The first-order valence-electron chi connectivity index (χ1n) is 4.14. The molecular weight excluding hydrogens is 172 g/mol. The molecule has 0 nitrogen and oxygen atoms in total. The average molecular weight is 192 g/mol. The standard InChI is InChI=1S/C6H14S2.C3H6/c1-3-5-7-8-6-4-2;1-3-2/h3-6H2,1-2H3;3H,1H2,2H3. The van der Waals surface area contributed by atoms with E-state index < -0.39 is 0 Å². The van der Waals surface area contributed by atoms with Crippen LogP contribution in [0.2, 0.25) is 0 Å². The predicted molar refractivity (Wildman–Crippen MR) is 61.4 cm³/mol. The van der Waals surface area contributed by atoms with E-state index in [-0.39, 0.29) is 0 Å². The Morgan fingerprint density at radius 3 is 1.55 bits per heavy atom. The van der Waals surface area contributed by atoms with Crippen molar-refractivity contribution in [2.24, 2.45) is 0 Å². The third kappa shape index (κ3) is 25.1. The second-order valence-electron chi connectivity index (χ2n) is 2.05. The van der Waals surface area contributed by atoms with Gasteiger partial charge in [-0.1, -0.05) is 41.5 Å². The molecule has 0 saturated heterocycles. The van der Waals surface area contributed by atoms with Crippen molar-refractivity contribution in [3.63, 3.8) is 0 Å². The van der Waals surface area contributed by atoms with E-state index in [0.29, 0.717) is 0 Å². The molecule has 0 rings (SSSR count). The van der Waals surface area contributed by atoms with Gasteiger partial charge in [0.05, 0.1) is 0 Å². The maximum atomic E-state index is 3.36. The van der Waals surface area contributed by atoms with Gasteiger partial charge >= 0.3 is 0 Å². The van der Waals surface area contributed by atoms with Gasteiger partial charge in [0.15, 0.2) is 0 Å². The number of hydrogen-bond donors (Lipinski definition) is 0. The summed E-state index contributed by atoms with van der Waals surface area (Å²) < 4.78 is 0. The molecule has 11 heavy (non-hydrogen) atoms. The molecule has 0 atom stereocenters. The summed E-state index contributed by atoms with van der Waals surface area (Å²) >= 11 is 0. The molecular formula is C9H20S2. The highest BCUT2D eigenvalue weighted by Crippen LogP contribution is 2.21. The zero-order valence-corrected chi connectivity index (χ0v) is 9.56. The fraction of sp³-hybridized carbons (Fsp3) is 0.778. The molecule has 0 bridgehead atoms. The number of hydrogen-bond acceptors (Lipinski definition) is 2. The molecule has 0 aliphatic heterocycles. The summed E-state index contributed by atoms with van der Waals surface area (Å²) in [6.45, 7) is 9.69. The van der Waals surface area contributed by atoms with Gasteiger partial charge in [0.25, 0.3) is 0 Å². The van der Waals surface area contributed by atoms with Gasteiger partial charge in [-0.3, -0.25) is 0 Å². The summed E-state index contributed by atoms with van der Waals surface area (Å²) in [6.07, 6.45) is 4.36. The van der Waals surface area contributed by atoms with Crippen LogP contribution in [0.5, 0.6) is 0 Å². The van der Waals surface area contributed by atoms with Gasteiger partial charge in [0.1, 0.15) is 0 Å². The minimum atomic E-state index is 1.31. The quantitative estimate of drug-likeness (QED) is 0.360. The lowest BCUT2D eigenvalue weighted by Gasteiger charge is -1.93. The van der Waals surface area contributed by atoms with Gasteiger partial charge < -0.3 is 0 Å².